The second-order valence-corrected chi connectivity index (χ2v) is 11.1. The topological polar surface area (TPSA) is 91.8 Å². The summed E-state index contributed by atoms with van der Waals surface area (Å²) in [5.41, 5.74) is 3.38. The van der Waals surface area contributed by atoms with E-state index in [4.69, 9.17) is 0 Å². The Morgan fingerprint density at radius 2 is 1.69 bits per heavy atom. The highest BCUT2D eigenvalue weighted by atomic mass is 16.3. The van der Waals surface area contributed by atoms with Crippen molar-refractivity contribution in [3.8, 4) is 5.75 Å². The Bertz CT molecular complexity index is 1310. The summed E-state index contributed by atoms with van der Waals surface area (Å²) in [6.07, 6.45) is 9.01. The molecular formula is C30H31NO5. The third-order valence-electron chi connectivity index (χ3n) is 9.12. The van der Waals surface area contributed by atoms with Gasteiger partial charge >= 0.3 is 0 Å². The maximum absolute atomic E-state index is 13.9. The molecule has 1 aliphatic heterocycles. The molecule has 5 aliphatic rings. The van der Waals surface area contributed by atoms with Crippen LogP contribution in [-0.2, 0) is 19.2 Å². The van der Waals surface area contributed by atoms with Gasteiger partial charge in [0.15, 0.2) is 11.6 Å². The highest BCUT2D eigenvalue weighted by molar-refractivity contribution is 6.24. The first-order valence-electron chi connectivity index (χ1n) is 13.1. The molecule has 1 aromatic rings. The molecule has 1 heterocycles. The lowest BCUT2D eigenvalue weighted by Crippen LogP contribution is -2.43. The molecule has 0 spiro atoms. The number of imide groups is 1. The maximum Gasteiger partial charge on any atom is 0.233 e. The SMILES string of the molecule is CC1=CC(=O)C2=C(C1=O)C(c1cccc(C)c1O)C1=CCC3C(=O)N(C4CCCCC4)C(=O)C3C1C2. The number of para-hydroxylation sites is 1. The van der Waals surface area contributed by atoms with Crippen LogP contribution in [0.25, 0.3) is 0 Å². The summed E-state index contributed by atoms with van der Waals surface area (Å²) in [5, 5.41) is 11.1. The van der Waals surface area contributed by atoms with Gasteiger partial charge in [-0.1, -0.05) is 49.1 Å². The summed E-state index contributed by atoms with van der Waals surface area (Å²) in [7, 11) is 0. The number of rotatable bonds is 2. The third kappa shape index (κ3) is 3.23. The van der Waals surface area contributed by atoms with Crippen molar-refractivity contribution in [1.82, 2.24) is 4.90 Å². The molecule has 2 fully saturated rings. The maximum atomic E-state index is 13.9. The quantitative estimate of drug-likeness (QED) is 0.379. The first kappa shape index (κ1) is 23.1. The normalized spacial score (nSPS) is 30.7. The minimum absolute atomic E-state index is 0.0359. The average Bonchev–Trinajstić information content (AvgIpc) is 3.13. The standard InChI is InChI=1S/C30H31NO5/c1-15-7-6-10-19(27(15)33)24-18-11-12-20-25(30(36)31(29(20)35)17-8-4-3-5-9-17)21(18)14-22-23(32)13-16(2)28(34)26(22)24/h6-7,10-11,13,17,20-21,24-25,33H,3-5,8-9,12,14H2,1-2H3. The number of phenols is 1. The van der Waals surface area contributed by atoms with Gasteiger partial charge in [0, 0.05) is 34.2 Å². The fourth-order valence-electron chi connectivity index (χ4n) is 7.35. The number of carbonyl (C=O) groups is 4. The fraction of sp³-hybridized carbons (Fsp3) is 0.467. The number of fused-ring (bicyclic) bond motifs is 3. The molecule has 1 saturated carbocycles. The summed E-state index contributed by atoms with van der Waals surface area (Å²) >= 11 is 0. The summed E-state index contributed by atoms with van der Waals surface area (Å²) in [4.78, 5) is 55.6. The number of Topliss-reactive ketones (excluding diaryl/α,β-unsaturated/α-hetero) is 1. The van der Waals surface area contributed by atoms with Crippen molar-refractivity contribution in [2.24, 2.45) is 17.8 Å². The van der Waals surface area contributed by atoms with Gasteiger partial charge in [0.2, 0.25) is 11.8 Å². The number of carbonyl (C=O) groups excluding carboxylic acids is 4. The van der Waals surface area contributed by atoms with Crippen molar-refractivity contribution in [1.29, 1.82) is 0 Å². The summed E-state index contributed by atoms with van der Waals surface area (Å²) < 4.78 is 0. The Hall–Kier alpha value is -3.28. The number of likely N-dealkylation sites (tertiary alicyclic amines) is 1. The number of nitrogens with zero attached hydrogens (tertiary/aromatic N) is 1. The number of aryl methyl sites for hydroxylation is 1. The number of phenolic OH excluding ortho intramolecular Hbond substituents is 1. The number of amides is 2. The Morgan fingerprint density at radius 3 is 2.44 bits per heavy atom. The zero-order valence-electron chi connectivity index (χ0n) is 20.8. The number of benzene rings is 1. The van der Waals surface area contributed by atoms with E-state index >= 15 is 0 Å². The lowest BCUT2D eigenvalue weighted by atomic mass is 9.59. The number of ketones is 2. The number of aromatic hydroxyl groups is 1. The van der Waals surface area contributed by atoms with E-state index in [1.165, 1.54) is 6.08 Å². The van der Waals surface area contributed by atoms with E-state index in [1.807, 2.05) is 12.1 Å². The van der Waals surface area contributed by atoms with E-state index in [9.17, 15) is 24.3 Å². The van der Waals surface area contributed by atoms with Crippen molar-refractivity contribution >= 4 is 23.4 Å². The molecule has 0 radical (unpaired) electrons. The Labute approximate surface area is 210 Å². The lowest BCUT2D eigenvalue weighted by molar-refractivity contribution is -0.143. The molecule has 1 saturated heterocycles. The van der Waals surface area contributed by atoms with Gasteiger partial charge in [0.05, 0.1) is 11.8 Å². The fourth-order valence-corrected chi connectivity index (χ4v) is 7.35. The molecule has 2 amide bonds. The second-order valence-electron chi connectivity index (χ2n) is 11.1. The van der Waals surface area contributed by atoms with Crippen molar-refractivity contribution in [2.75, 3.05) is 0 Å². The van der Waals surface area contributed by atoms with Crippen LogP contribution < -0.4 is 0 Å². The molecule has 1 aromatic carbocycles. The molecule has 4 aliphatic carbocycles. The van der Waals surface area contributed by atoms with Crippen LogP contribution in [0.1, 0.15) is 68.9 Å². The van der Waals surface area contributed by atoms with Crippen molar-refractivity contribution in [2.45, 2.75) is 70.8 Å². The first-order chi connectivity index (χ1) is 17.3. The van der Waals surface area contributed by atoms with E-state index in [1.54, 1.807) is 30.9 Å². The molecule has 186 valence electrons. The van der Waals surface area contributed by atoms with Gasteiger partial charge in [0.25, 0.3) is 0 Å². The Balaban J connectivity index is 1.48. The zero-order valence-corrected chi connectivity index (χ0v) is 20.8. The molecule has 4 unspecified atom stereocenters. The van der Waals surface area contributed by atoms with Crippen molar-refractivity contribution < 1.29 is 24.3 Å². The van der Waals surface area contributed by atoms with Gasteiger partial charge in [-0.2, -0.15) is 0 Å². The summed E-state index contributed by atoms with van der Waals surface area (Å²) in [5.74, 6) is -2.40. The van der Waals surface area contributed by atoms with Crippen LogP contribution in [0, 0.1) is 24.7 Å². The van der Waals surface area contributed by atoms with Gasteiger partial charge in [-0.05, 0) is 57.1 Å². The number of allylic oxidation sites excluding steroid dienone is 6. The van der Waals surface area contributed by atoms with Crippen LogP contribution in [-0.4, -0.2) is 39.4 Å². The van der Waals surface area contributed by atoms with Crippen LogP contribution in [0.2, 0.25) is 0 Å². The van der Waals surface area contributed by atoms with Crippen LogP contribution in [0.15, 0.2) is 52.6 Å². The van der Waals surface area contributed by atoms with Gasteiger partial charge in [-0.15, -0.1) is 0 Å². The van der Waals surface area contributed by atoms with Gasteiger partial charge in [-0.3, -0.25) is 24.1 Å². The molecule has 36 heavy (non-hydrogen) atoms. The minimum Gasteiger partial charge on any atom is -0.507 e. The van der Waals surface area contributed by atoms with Crippen LogP contribution in [0.5, 0.6) is 5.75 Å². The van der Waals surface area contributed by atoms with E-state index < -0.39 is 17.8 Å². The molecular weight excluding hydrogens is 454 g/mol. The van der Waals surface area contributed by atoms with E-state index in [-0.39, 0.29) is 47.5 Å². The lowest BCUT2D eigenvalue weighted by Gasteiger charge is -2.42. The molecule has 1 N–H and O–H groups in total. The molecule has 4 atom stereocenters. The number of hydrogen-bond donors (Lipinski definition) is 1. The predicted molar refractivity (Wildman–Crippen MR) is 133 cm³/mol. The van der Waals surface area contributed by atoms with Gasteiger partial charge in [0.1, 0.15) is 5.75 Å². The van der Waals surface area contributed by atoms with E-state index in [0.717, 1.165) is 37.7 Å². The minimum atomic E-state index is -0.605. The Kier molecular flexibility index (Phi) is 5.39. The monoisotopic (exact) mass is 485 g/mol. The van der Waals surface area contributed by atoms with Crippen LogP contribution in [0.4, 0.5) is 0 Å². The van der Waals surface area contributed by atoms with E-state index in [2.05, 4.69) is 0 Å². The largest absolute Gasteiger partial charge is 0.507 e. The summed E-state index contributed by atoms with van der Waals surface area (Å²) in [6.45, 7) is 3.45. The highest BCUT2D eigenvalue weighted by Gasteiger charge is 2.57. The van der Waals surface area contributed by atoms with Crippen molar-refractivity contribution in [3.05, 3.63) is 63.8 Å². The van der Waals surface area contributed by atoms with E-state index in [0.29, 0.717) is 34.3 Å². The average molecular weight is 486 g/mol. The van der Waals surface area contributed by atoms with Crippen molar-refractivity contribution in [3.63, 3.8) is 0 Å². The molecule has 0 bridgehead atoms. The van der Waals surface area contributed by atoms with Crippen LogP contribution in [0.3, 0.4) is 0 Å². The highest BCUT2D eigenvalue weighted by Crippen LogP contribution is 2.56. The molecule has 6 heteroatoms. The zero-order chi connectivity index (χ0) is 25.3. The molecule has 6 rings (SSSR count). The predicted octanol–water partition coefficient (Wildman–Crippen LogP) is 4.46. The molecule has 0 aromatic heterocycles. The summed E-state index contributed by atoms with van der Waals surface area (Å²) in [6, 6.07) is 5.41. The van der Waals surface area contributed by atoms with Gasteiger partial charge in [-0.25, -0.2) is 0 Å². The first-order valence-corrected chi connectivity index (χ1v) is 13.1. The molecule has 6 nitrogen and oxygen atoms in total. The second kappa shape index (κ2) is 8.39. The smallest absolute Gasteiger partial charge is 0.233 e. The Morgan fingerprint density at radius 1 is 0.944 bits per heavy atom. The number of hydrogen-bond acceptors (Lipinski definition) is 5. The third-order valence-corrected chi connectivity index (χ3v) is 9.12. The van der Waals surface area contributed by atoms with Gasteiger partial charge < -0.3 is 5.11 Å². The van der Waals surface area contributed by atoms with Crippen LogP contribution >= 0.6 is 0 Å².